The second-order valence-electron chi connectivity index (χ2n) is 7.57. The molecular formula is C21H25N5O3S. The van der Waals surface area contributed by atoms with Gasteiger partial charge < -0.3 is 0 Å². The van der Waals surface area contributed by atoms with Crippen molar-refractivity contribution in [2.75, 3.05) is 5.75 Å². The van der Waals surface area contributed by atoms with Gasteiger partial charge >= 0.3 is 5.69 Å². The Hall–Kier alpha value is -2.78. The number of pyridine rings is 1. The summed E-state index contributed by atoms with van der Waals surface area (Å²) in [6.07, 6.45) is 5.63. The third kappa shape index (κ3) is 5.03. The van der Waals surface area contributed by atoms with Crippen LogP contribution in [0.5, 0.6) is 0 Å². The minimum atomic E-state index is -3.39. The van der Waals surface area contributed by atoms with E-state index in [-0.39, 0.29) is 17.5 Å². The molecule has 1 aromatic carbocycles. The maximum Gasteiger partial charge on any atom is 0.346 e. The highest BCUT2D eigenvalue weighted by Crippen LogP contribution is 2.14. The lowest BCUT2D eigenvalue weighted by atomic mass is 10.1. The van der Waals surface area contributed by atoms with E-state index in [0.29, 0.717) is 44.6 Å². The van der Waals surface area contributed by atoms with Crippen molar-refractivity contribution in [3.05, 3.63) is 82.3 Å². The zero-order valence-electron chi connectivity index (χ0n) is 16.6. The fraction of sp³-hybridized carbons (Fsp3) is 0.381. The van der Waals surface area contributed by atoms with Crippen LogP contribution in [0.1, 0.15) is 29.8 Å². The van der Waals surface area contributed by atoms with Gasteiger partial charge in [-0.15, -0.1) is 0 Å². The van der Waals surface area contributed by atoms with E-state index >= 15 is 0 Å². The van der Waals surface area contributed by atoms with Crippen molar-refractivity contribution in [3.8, 4) is 0 Å². The molecule has 0 amide bonds. The molecule has 2 aromatic heterocycles. The summed E-state index contributed by atoms with van der Waals surface area (Å²) in [5, 5.41) is 4.47. The Kier molecular flexibility index (Phi) is 6.10. The molecule has 3 aromatic rings. The largest absolute Gasteiger partial charge is 0.346 e. The Bertz CT molecular complexity index is 1140. The van der Waals surface area contributed by atoms with E-state index in [4.69, 9.17) is 0 Å². The molecule has 0 bridgehead atoms. The molecule has 0 saturated carbocycles. The maximum atomic E-state index is 12.7. The lowest BCUT2D eigenvalue weighted by Crippen LogP contribution is -2.37. The van der Waals surface area contributed by atoms with E-state index in [1.54, 1.807) is 17.0 Å². The van der Waals surface area contributed by atoms with Crippen LogP contribution in [0.3, 0.4) is 0 Å². The number of hydrogen-bond acceptors (Lipinski definition) is 5. The first-order valence-corrected chi connectivity index (χ1v) is 11.7. The van der Waals surface area contributed by atoms with Crippen LogP contribution < -0.4 is 10.4 Å². The number of sulfonamides is 1. The SMILES string of the molecule is O=c1n(Cc2cccnc2)nc2n1CCC(NS(=O)(=O)CCc1ccccc1)CC2. The van der Waals surface area contributed by atoms with E-state index in [0.717, 1.165) is 11.1 Å². The molecule has 1 aliphatic rings. The van der Waals surface area contributed by atoms with Gasteiger partial charge in [0.2, 0.25) is 10.0 Å². The third-order valence-corrected chi connectivity index (χ3v) is 6.75. The molecule has 4 rings (SSSR count). The molecule has 158 valence electrons. The normalized spacial score (nSPS) is 16.7. The highest BCUT2D eigenvalue weighted by atomic mass is 32.2. The van der Waals surface area contributed by atoms with Gasteiger partial charge in [-0.2, -0.15) is 5.10 Å². The molecule has 1 unspecified atom stereocenters. The number of nitrogens with one attached hydrogen (secondary N) is 1. The topological polar surface area (TPSA) is 98.9 Å². The van der Waals surface area contributed by atoms with E-state index in [1.807, 2.05) is 42.5 Å². The predicted octanol–water partition coefficient (Wildman–Crippen LogP) is 1.36. The van der Waals surface area contributed by atoms with E-state index in [2.05, 4.69) is 14.8 Å². The Balaban J connectivity index is 1.37. The van der Waals surface area contributed by atoms with E-state index in [1.165, 1.54) is 4.68 Å². The molecular weight excluding hydrogens is 402 g/mol. The number of nitrogens with zero attached hydrogens (tertiary/aromatic N) is 4. The average Bonchev–Trinajstić information content (AvgIpc) is 2.91. The van der Waals surface area contributed by atoms with Crippen molar-refractivity contribution in [2.24, 2.45) is 0 Å². The van der Waals surface area contributed by atoms with Gasteiger partial charge in [-0.1, -0.05) is 36.4 Å². The van der Waals surface area contributed by atoms with Crippen LogP contribution in [-0.2, 0) is 36.0 Å². The summed E-state index contributed by atoms with van der Waals surface area (Å²) in [6, 6.07) is 13.1. The molecule has 0 fully saturated rings. The summed E-state index contributed by atoms with van der Waals surface area (Å²) in [4.78, 5) is 16.8. The predicted molar refractivity (Wildman–Crippen MR) is 114 cm³/mol. The fourth-order valence-corrected chi connectivity index (χ4v) is 5.09. The number of aromatic nitrogens is 4. The van der Waals surface area contributed by atoms with Crippen molar-refractivity contribution in [3.63, 3.8) is 0 Å². The van der Waals surface area contributed by atoms with Crippen LogP contribution in [0.15, 0.2) is 59.7 Å². The van der Waals surface area contributed by atoms with Crippen molar-refractivity contribution in [1.82, 2.24) is 24.1 Å². The molecule has 3 heterocycles. The molecule has 0 radical (unpaired) electrons. The Morgan fingerprint density at radius 3 is 2.63 bits per heavy atom. The first kappa shape index (κ1) is 20.5. The number of fused-ring (bicyclic) bond motifs is 1. The zero-order chi connectivity index (χ0) is 21.0. The van der Waals surface area contributed by atoms with Gasteiger partial charge in [0.15, 0.2) is 0 Å². The Morgan fingerprint density at radius 1 is 1.07 bits per heavy atom. The molecule has 9 heteroatoms. The van der Waals surface area contributed by atoms with Crippen molar-refractivity contribution in [2.45, 2.75) is 44.8 Å². The Labute approximate surface area is 175 Å². The van der Waals surface area contributed by atoms with E-state index in [9.17, 15) is 13.2 Å². The lowest BCUT2D eigenvalue weighted by Gasteiger charge is -2.16. The number of benzene rings is 1. The van der Waals surface area contributed by atoms with Gasteiger partial charge in [0, 0.05) is 31.4 Å². The monoisotopic (exact) mass is 427 g/mol. The third-order valence-electron chi connectivity index (χ3n) is 5.32. The lowest BCUT2D eigenvalue weighted by molar-refractivity contribution is 0.487. The van der Waals surface area contributed by atoms with Crippen LogP contribution >= 0.6 is 0 Å². The Morgan fingerprint density at radius 2 is 1.87 bits per heavy atom. The minimum absolute atomic E-state index is 0.0516. The quantitative estimate of drug-likeness (QED) is 0.614. The number of rotatable bonds is 7. The summed E-state index contributed by atoms with van der Waals surface area (Å²) >= 11 is 0. The molecule has 30 heavy (non-hydrogen) atoms. The van der Waals surface area contributed by atoms with Crippen LogP contribution in [0, 0.1) is 0 Å². The second-order valence-corrected chi connectivity index (χ2v) is 9.44. The molecule has 0 saturated heterocycles. The zero-order valence-corrected chi connectivity index (χ0v) is 17.5. The van der Waals surface area contributed by atoms with Gasteiger partial charge in [0.25, 0.3) is 0 Å². The highest BCUT2D eigenvalue weighted by molar-refractivity contribution is 7.89. The number of aryl methyl sites for hydroxylation is 2. The van der Waals surface area contributed by atoms with Gasteiger partial charge in [0.1, 0.15) is 5.82 Å². The fourth-order valence-electron chi connectivity index (χ4n) is 3.72. The first-order valence-electron chi connectivity index (χ1n) is 10.1. The first-order chi connectivity index (χ1) is 14.5. The van der Waals surface area contributed by atoms with Crippen molar-refractivity contribution in [1.29, 1.82) is 0 Å². The minimum Gasteiger partial charge on any atom is -0.279 e. The van der Waals surface area contributed by atoms with Crippen LogP contribution in [0.25, 0.3) is 0 Å². The molecule has 0 spiro atoms. The summed E-state index contributed by atoms with van der Waals surface area (Å²) in [5.74, 6) is 0.755. The average molecular weight is 428 g/mol. The molecule has 1 atom stereocenters. The second kappa shape index (κ2) is 8.93. The smallest absolute Gasteiger partial charge is 0.279 e. The molecule has 0 aliphatic carbocycles. The summed E-state index contributed by atoms with van der Waals surface area (Å²) in [7, 11) is -3.39. The van der Waals surface area contributed by atoms with E-state index < -0.39 is 10.0 Å². The van der Waals surface area contributed by atoms with Gasteiger partial charge in [0.05, 0.1) is 12.3 Å². The van der Waals surface area contributed by atoms with Crippen LogP contribution in [-0.4, -0.2) is 39.5 Å². The van der Waals surface area contributed by atoms with Crippen molar-refractivity contribution < 1.29 is 8.42 Å². The van der Waals surface area contributed by atoms with Gasteiger partial charge in [-0.25, -0.2) is 22.6 Å². The van der Waals surface area contributed by atoms with Gasteiger partial charge in [-0.05, 0) is 36.5 Å². The standard InChI is InChI=1S/C21H25N5O3S/c27-21-25-13-10-19(24-30(28,29)14-11-17-5-2-1-3-6-17)8-9-20(25)23-26(21)16-18-7-4-12-22-15-18/h1-7,12,15,19,24H,8-11,13-14,16H2. The summed E-state index contributed by atoms with van der Waals surface area (Å²) < 4.78 is 31.0. The van der Waals surface area contributed by atoms with Crippen LogP contribution in [0.4, 0.5) is 0 Å². The molecule has 1 N–H and O–H groups in total. The summed E-state index contributed by atoms with van der Waals surface area (Å²) in [6.45, 7) is 0.829. The highest BCUT2D eigenvalue weighted by Gasteiger charge is 2.24. The maximum absolute atomic E-state index is 12.7. The van der Waals surface area contributed by atoms with Crippen LogP contribution in [0.2, 0.25) is 0 Å². The van der Waals surface area contributed by atoms with Gasteiger partial charge in [-0.3, -0.25) is 9.55 Å². The molecule has 8 nitrogen and oxygen atoms in total. The van der Waals surface area contributed by atoms with Crippen molar-refractivity contribution >= 4 is 10.0 Å². The summed E-state index contributed by atoms with van der Waals surface area (Å²) in [5.41, 5.74) is 1.75. The number of hydrogen-bond donors (Lipinski definition) is 1. The molecule has 1 aliphatic heterocycles.